The first-order valence-corrected chi connectivity index (χ1v) is 18.4. The molecule has 0 fully saturated rings. The highest BCUT2D eigenvalue weighted by atomic mass is 32.2. The highest BCUT2D eigenvalue weighted by Crippen LogP contribution is 2.33. The average molecular weight is 670 g/mol. The molecule has 5 rings (SSSR count). The Kier molecular flexibility index (Phi) is 13.0. The molecule has 4 aromatic rings. The Morgan fingerprint density at radius 2 is 1.67 bits per heavy atom. The number of benzene rings is 3. The van der Waals surface area contributed by atoms with Crippen molar-refractivity contribution < 1.29 is 18.5 Å². The van der Waals surface area contributed by atoms with Crippen LogP contribution in [-0.2, 0) is 32.6 Å². The maximum absolute atomic E-state index is 13.6. The van der Waals surface area contributed by atoms with Gasteiger partial charge >= 0.3 is 0 Å². The summed E-state index contributed by atoms with van der Waals surface area (Å²) < 4.78 is 26.4. The van der Waals surface area contributed by atoms with E-state index in [0.29, 0.717) is 41.8 Å². The Balaban J connectivity index is 1.26. The number of hydrogen-bond donors (Lipinski definition) is 1. The number of ether oxygens (including phenoxy) is 2. The zero-order chi connectivity index (χ0) is 33.7. The lowest BCUT2D eigenvalue weighted by atomic mass is 10.00. The number of aromatic nitrogens is 3. The van der Waals surface area contributed by atoms with E-state index in [-0.39, 0.29) is 5.91 Å². The average Bonchev–Trinajstić information content (AvgIpc) is 3.45. The van der Waals surface area contributed by atoms with Crippen molar-refractivity contribution in [2.75, 3.05) is 43.1 Å². The Morgan fingerprint density at radius 3 is 2.42 bits per heavy atom. The van der Waals surface area contributed by atoms with Crippen LogP contribution in [0.5, 0.6) is 5.75 Å². The minimum absolute atomic E-state index is 0.133. The largest absolute Gasteiger partial charge is 0.491 e. The molecule has 0 radical (unpaired) electrons. The number of anilines is 2. The van der Waals surface area contributed by atoms with E-state index >= 15 is 0 Å². The summed E-state index contributed by atoms with van der Waals surface area (Å²) in [6, 6.07) is 21.8. The number of carbonyl (C=O) groups excluding carboxylic acids is 1. The second kappa shape index (κ2) is 17.8. The molecule has 3 aromatic carbocycles. The van der Waals surface area contributed by atoms with E-state index in [1.165, 1.54) is 0 Å². The zero-order valence-electron chi connectivity index (χ0n) is 28.3. The molecule has 0 saturated heterocycles. The summed E-state index contributed by atoms with van der Waals surface area (Å²) in [6.07, 6.45) is 8.49. The molecule has 0 spiro atoms. The van der Waals surface area contributed by atoms with Crippen LogP contribution in [0, 0.1) is 0 Å². The van der Waals surface area contributed by atoms with Gasteiger partial charge in [-0.15, -0.1) is 10.2 Å². The van der Waals surface area contributed by atoms with Crippen LogP contribution in [0.25, 0.3) is 17.2 Å². The van der Waals surface area contributed by atoms with E-state index in [1.54, 1.807) is 18.5 Å². The molecule has 0 saturated carbocycles. The summed E-state index contributed by atoms with van der Waals surface area (Å²) >= 11 is 0. The Hall–Kier alpha value is -4.28. The molecule has 1 aromatic heterocycles. The molecular weight excluding hydrogens is 623 g/mol. The standard InChI is InChI=1S/C38H47N5O4S/c1-4-7-22-46-23-24-47-34-13-8-29(9-14-34)30-10-17-36-32(25-30)26-31(18-21-42(36)19-5-2)38(44)40-33-11-15-35(16-12-33)48(45)27-37-41-39-28-43(37)20-6-3/h8-17,25-26,28H,4-7,18-24,27H2,1-3H3,(H,40,44)/t48-/m1/s1. The van der Waals surface area contributed by atoms with Gasteiger partial charge in [-0.1, -0.05) is 45.4 Å². The van der Waals surface area contributed by atoms with Crippen molar-refractivity contribution in [3.8, 4) is 16.9 Å². The lowest BCUT2D eigenvalue weighted by Gasteiger charge is -2.25. The summed E-state index contributed by atoms with van der Waals surface area (Å²) in [7, 11) is -1.27. The highest BCUT2D eigenvalue weighted by Gasteiger charge is 2.20. The third-order valence-electron chi connectivity index (χ3n) is 8.26. The molecule has 1 aliphatic heterocycles. The van der Waals surface area contributed by atoms with Crippen molar-refractivity contribution in [3.63, 3.8) is 0 Å². The van der Waals surface area contributed by atoms with Crippen LogP contribution in [0.2, 0.25) is 0 Å². The molecular formula is C38H47N5O4S. The number of nitrogens with zero attached hydrogens (tertiary/aromatic N) is 4. The Morgan fingerprint density at radius 1 is 0.896 bits per heavy atom. The summed E-state index contributed by atoms with van der Waals surface area (Å²) in [4.78, 5) is 16.6. The molecule has 1 N–H and O–H groups in total. The van der Waals surface area contributed by atoms with Gasteiger partial charge in [0.2, 0.25) is 0 Å². The summed E-state index contributed by atoms with van der Waals surface area (Å²) in [5.74, 6) is 1.68. The van der Waals surface area contributed by atoms with Crippen molar-refractivity contribution in [2.24, 2.45) is 0 Å². The molecule has 0 aliphatic carbocycles. The van der Waals surface area contributed by atoms with E-state index in [4.69, 9.17) is 9.47 Å². The van der Waals surface area contributed by atoms with Crippen molar-refractivity contribution in [1.82, 2.24) is 14.8 Å². The Bertz CT molecular complexity index is 1680. The van der Waals surface area contributed by atoms with Gasteiger partial charge in [-0.05, 0) is 97.0 Å². The van der Waals surface area contributed by atoms with Crippen molar-refractivity contribution in [3.05, 3.63) is 90.0 Å². The van der Waals surface area contributed by atoms with Gasteiger partial charge in [0.15, 0.2) is 0 Å². The molecule has 254 valence electrons. The van der Waals surface area contributed by atoms with E-state index in [0.717, 1.165) is 85.6 Å². The number of rotatable bonds is 17. The van der Waals surface area contributed by atoms with E-state index < -0.39 is 10.8 Å². The summed E-state index contributed by atoms with van der Waals surface area (Å²) in [5.41, 5.74) is 5.70. The predicted molar refractivity (Wildman–Crippen MR) is 194 cm³/mol. The fraction of sp³-hybridized carbons (Fsp3) is 0.395. The first kappa shape index (κ1) is 35.0. The molecule has 48 heavy (non-hydrogen) atoms. The fourth-order valence-electron chi connectivity index (χ4n) is 5.69. The van der Waals surface area contributed by atoms with Gasteiger partial charge in [-0.2, -0.15) is 0 Å². The van der Waals surface area contributed by atoms with E-state index in [9.17, 15) is 9.00 Å². The Labute approximate surface area is 286 Å². The van der Waals surface area contributed by atoms with Gasteiger partial charge in [-0.3, -0.25) is 9.00 Å². The van der Waals surface area contributed by atoms with Crippen LogP contribution in [0.15, 0.2) is 83.5 Å². The third kappa shape index (κ3) is 9.41. The SMILES string of the molecule is CCCCOCCOc1ccc(-c2ccc3c(c2)C=C(C(=O)Nc2ccc([S@](=O)Cc4nncn4CCC)cc2)CCN3CCC)cc1. The van der Waals surface area contributed by atoms with Gasteiger partial charge in [0.25, 0.3) is 5.91 Å². The van der Waals surface area contributed by atoms with Crippen LogP contribution in [-0.4, -0.2) is 57.8 Å². The monoisotopic (exact) mass is 669 g/mol. The van der Waals surface area contributed by atoms with Crippen LogP contribution in [0.3, 0.4) is 0 Å². The molecule has 0 unspecified atom stereocenters. The van der Waals surface area contributed by atoms with Gasteiger partial charge in [0.05, 0.1) is 23.2 Å². The van der Waals surface area contributed by atoms with Crippen molar-refractivity contribution in [2.45, 2.75) is 70.1 Å². The maximum atomic E-state index is 13.6. The van der Waals surface area contributed by atoms with Gasteiger partial charge < -0.3 is 24.3 Å². The molecule has 0 bridgehead atoms. The normalized spacial score (nSPS) is 13.4. The van der Waals surface area contributed by atoms with E-state index in [1.807, 2.05) is 34.9 Å². The molecule has 1 amide bonds. The quantitative estimate of drug-likeness (QED) is 0.116. The van der Waals surface area contributed by atoms with Gasteiger partial charge in [-0.25, -0.2) is 0 Å². The molecule has 1 atom stereocenters. The van der Waals surface area contributed by atoms with Crippen LogP contribution >= 0.6 is 0 Å². The first-order valence-electron chi connectivity index (χ1n) is 17.1. The number of nitrogens with one attached hydrogen (secondary N) is 1. The fourth-order valence-corrected chi connectivity index (χ4v) is 6.75. The third-order valence-corrected chi connectivity index (χ3v) is 9.57. The second-order valence-corrected chi connectivity index (χ2v) is 13.4. The number of unbranched alkanes of at least 4 members (excludes halogenated alkanes) is 1. The van der Waals surface area contributed by atoms with Crippen molar-refractivity contribution >= 4 is 34.2 Å². The second-order valence-electron chi connectivity index (χ2n) is 11.9. The highest BCUT2D eigenvalue weighted by molar-refractivity contribution is 7.84. The molecule has 1 aliphatic rings. The number of hydrogen-bond acceptors (Lipinski definition) is 7. The lowest BCUT2D eigenvalue weighted by molar-refractivity contribution is -0.112. The van der Waals surface area contributed by atoms with Gasteiger partial charge in [0.1, 0.15) is 24.5 Å². The number of carbonyl (C=O) groups is 1. The molecule has 9 nitrogen and oxygen atoms in total. The number of amides is 1. The van der Waals surface area contributed by atoms with Crippen LogP contribution in [0.1, 0.15) is 64.3 Å². The minimum Gasteiger partial charge on any atom is -0.491 e. The number of aryl methyl sites for hydroxylation is 1. The van der Waals surface area contributed by atoms with Crippen LogP contribution < -0.4 is 15.0 Å². The summed E-state index contributed by atoms with van der Waals surface area (Å²) in [6.45, 7) is 10.8. The molecule has 2 heterocycles. The minimum atomic E-state index is -1.27. The smallest absolute Gasteiger partial charge is 0.251 e. The summed E-state index contributed by atoms with van der Waals surface area (Å²) in [5, 5.41) is 11.2. The zero-order valence-corrected chi connectivity index (χ0v) is 29.1. The van der Waals surface area contributed by atoms with Crippen LogP contribution in [0.4, 0.5) is 11.4 Å². The van der Waals surface area contributed by atoms with Gasteiger partial charge in [0, 0.05) is 48.1 Å². The number of fused-ring (bicyclic) bond motifs is 1. The molecule has 10 heteroatoms. The maximum Gasteiger partial charge on any atom is 0.251 e. The topological polar surface area (TPSA) is 98.6 Å². The van der Waals surface area contributed by atoms with Crippen molar-refractivity contribution in [1.29, 1.82) is 0 Å². The lowest BCUT2D eigenvalue weighted by Crippen LogP contribution is -2.26. The van der Waals surface area contributed by atoms with E-state index in [2.05, 4.69) is 71.5 Å². The first-order chi connectivity index (χ1) is 23.5. The predicted octanol–water partition coefficient (Wildman–Crippen LogP) is 7.50.